The lowest BCUT2D eigenvalue weighted by Crippen LogP contribution is -2.61. The summed E-state index contributed by atoms with van der Waals surface area (Å²) >= 11 is 6.03. The van der Waals surface area contributed by atoms with Crippen molar-refractivity contribution in [1.29, 1.82) is 0 Å². The van der Waals surface area contributed by atoms with E-state index in [1.807, 2.05) is 52.8 Å². The Morgan fingerprint density at radius 1 is 1.07 bits per heavy atom. The molecule has 3 amide bonds. The van der Waals surface area contributed by atoms with Crippen LogP contribution in [0.2, 0.25) is 5.02 Å². The molecule has 2 atom stereocenters. The normalized spacial score (nSPS) is 20.2. The molecule has 0 saturated carbocycles. The number of nitrogens with one attached hydrogen (secondary N) is 1. The minimum Gasteiger partial charge on any atom is -0.321 e. The second-order valence-electron chi connectivity index (χ2n) is 7.52. The van der Waals surface area contributed by atoms with Crippen molar-refractivity contribution in [2.75, 3.05) is 11.9 Å². The fraction of sp³-hybridized carbons (Fsp3) is 0.238. The molecule has 2 unspecified atom stereocenters. The maximum atomic E-state index is 12.9. The Kier molecular flexibility index (Phi) is 4.25. The van der Waals surface area contributed by atoms with E-state index in [-0.39, 0.29) is 5.91 Å². The predicted octanol–water partition coefficient (Wildman–Crippen LogP) is 2.98. The molecule has 3 aromatic rings. The average Bonchev–Trinajstić information content (AvgIpc) is 3.28. The van der Waals surface area contributed by atoms with E-state index >= 15 is 0 Å². The van der Waals surface area contributed by atoms with E-state index in [0.717, 1.165) is 16.7 Å². The fourth-order valence-corrected chi connectivity index (χ4v) is 4.26. The van der Waals surface area contributed by atoms with Crippen molar-refractivity contribution in [2.45, 2.75) is 25.7 Å². The van der Waals surface area contributed by atoms with Gasteiger partial charge in [0.1, 0.15) is 6.17 Å². The van der Waals surface area contributed by atoms with E-state index in [0.29, 0.717) is 23.3 Å². The summed E-state index contributed by atoms with van der Waals surface area (Å²) in [6, 6.07) is 14.2. The van der Waals surface area contributed by atoms with Crippen LogP contribution in [0.4, 0.5) is 10.7 Å². The maximum Gasteiger partial charge on any atom is 0.325 e. The van der Waals surface area contributed by atoms with Crippen LogP contribution in [-0.4, -0.2) is 44.7 Å². The first-order valence-corrected chi connectivity index (χ1v) is 9.93. The molecule has 0 spiro atoms. The highest BCUT2D eigenvalue weighted by atomic mass is 35.5. The standard InChI is InChI=1S/C21H19ClN6O2/c1-12-5-3-4-6-14(12)11-27-16-18(29)23-21(30)26(2)19(16)28-17(24-25-20(27)28)13-7-9-15(22)10-8-13/h3-10,16,19H,11H2,1-2H3,(H,23,29,30). The lowest BCUT2D eigenvalue weighted by molar-refractivity contribution is -0.124. The number of aryl methyl sites for hydroxylation is 1. The van der Waals surface area contributed by atoms with E-state index in [2.05, 4.69) is 15.5 Å². The van der Waals surface area contributed by atoms with E-state index in [1.165, 1.54) is 4.90 Å². The van der Waals surface area contributed by atoms with Gasteiger partial charge in [0.2, 0.25) is 5.95 Å². The average molecular weight is 423 g/mol. The molecule has 152 valence electrons. The second-order valence-corrected chi connectivity index (χ2v) is 7.96. The van der Waals surface area contributed by atoms with Crippen LogP contribution in [-0.2, 0) is 11.3 Å². The molecule has 1 aromatic heterocycles. The molecule has 8 nitrogen and oxygen atoms in total. The third-order valence-electron chi connectivity index (χ3n) is 5.74. The van der Waals surface area contributed by atoms with Crippen molar-refractivity contribution in [3.05, 3.63) is 64.7 Å². The number of amides is 3. The fourth-order valence-electron chi connectivity index (χ4n) is 4.13. The number of likely N-dealkylation sites (N-methyl/N-ethyl adjacent to an activating group) is 1. The van der Waals surface area contributed by atoms with Crippen molar-refractivity contribution in [3.63, 3.8) is 0 Å². The second kappa shape index (κ2) is 6.84. The number of imide groups is 1. The van der Waals surface area contributed by atoms with Gasteiger partial charge in [-0.3, -0.25) is 14.7 Å². The molecule has 1 fully saturated rings. The summed E-state index contributed by atoms with van der Waals surface area (Å²) in [6.45, 7) is 2.51. The van der Waals surface area contributed by atoms with Crippen LogP contribution in [0.3, 0.4) is 0 Å². The van der Waals surface area contributed by atoms with Crippen LogP contribution in [0.15, 0.2) is 48.5 Å². The Bertz CT molecular complexity index is 1160. The lowest BCUT2D eigenvalue weighted by Gasteiger charge is -2.37. The first kappa shape index (κ1) is 18.6. The zero-order chi connectivity index (χ0) is 21.0. The van der Waals surface area contributed by atoms with Crippen molar-refractivity contribution in [2.24, 2.45) is 0 Å². The molecule has 0 aliphatic carbocycles. The van der Waals surface area contributed by atoms with Gasteiger partial charge in [-0.1, -0.05) is 35.9 Å². The summed E-state index contributed by atoms with van der Waals surface area (Å²) in [5.74, 6) is 0.789. The molecule has 9 heteroatoms. The van der Waals surface area contributed by atoms with Gasteiger partial charge in [0, 0.05) is 24.2 Å². The number of anilines is 1. The summed E-state index contributed by atoms with van der Waals surface area (Å²) in [6.07, 6.45) is -0.550. The number of carbonyl (C=O) groups is 2. The number of fused-ring (bicyclic) bond motifs is 3. The largest absolute Gasteiger partial charge is 0.325 e. The van der Waals surface area contributed by atoms with Crippen molar-refractivity contribution >= 4 is 29.5 Å². The highest BCUT2D eigenvalue weighted by molar-refractivity contribution is 6.30. The van der Waals surface area contributed by atoms with Crippen LogP contribution >= 0.6 is 11.6 Å². The van der Waals surface area contributed by atoms with Gasteiger partial charge in [0.25, 0.3) is 5.91 Å². The van der Waals surface area contributed by atoms with Gasteiger partial charge in [-0.05, 0) is 42.3 Å². The number of hydrogen-bond acceptors (Lipinski definition) is 5. The monoisotopic (exact) mass is 422 g/mol. The number of hydrogen-bond donors (Lipinski definition) is 1. The molecule has 2 aliphatic heterocycles. The summed E-state index contributed by atoms with van der Waals surface area (Å²) < 4.78 is 1.86. The van der Waals surface area contributed by atoms with E-state index < -0.39 is 18.2 Å². The third kappa shape index (κ3) is 2.75. The summed E-state index contributed by atoms with van der Waals surface area (Å²) in [5.41, 5.74) is 3.00. The molecule has 30 heavy (non-hydrogen) atoms. The van der Waals surface area contributed by atoms with Gasteiger partial charge in [-0.15, -0.1) is 10.2 Å². The van der Waals surface area contributed by atoms with Crippen LogP contribution < -0.4 is 10.2 Å². The zero-order valence-electron chi connectivity index (χ0n) is 16.4. The molecular formula is C21H19ClN6O2. The highest BCUT2D eigenvalue weighted by Crippen LogP contribution is 2.41. The number of carbonyl (C=O) groups excluding carboxylic acids is 2. The van der Waals surface area contributed by atoms with Crippen molar-refractivity contribution in [3.8, 4) is 11.4 Å². The lowest BCUT2D eigenvalue weighted by atomic mass is 10.1. The Morgan fingerprint density at radius 3 is 2.53 bits per heavy atom. The van der Waals surface area contributed by atoms with Crippen molar-refractivity contribution < 1.29 is 9.59 Å². The number of nitrogens with zero attached hydrogens (tertiary/aromatic N) is 5. The molecule has 3 heterocycles. The first-order chi connectivity index (χ1) is 14.5. The summed E-state index contributed by atoms with van der Waals surface area (Å²) in [4.78, 5) is 28.7. The number of benzene rings is 2. The van der Waals surface area contributed by atoms with E-state index in [1.54, 1.807) is 19.2 Å². The maximum absolute atomic E-state index is 12.9. The van der Waals surface area contributed by atoms with Gasteiger partial charge < -0.3 is 9.80 Å². The molecule has 0 radical (unpaired) electrons. The summed E-state index contributed by atoms with van der Waals surface area (Å²) in [7, 11) is 1.67. The van der Waals surface area contributed by atoms with Gasteiger partial charge in [0.05, 0.1) is 0 Å². The number of aromatic nitrogens is 3. The Balaban J connectivity index is 1.65. The topological polar surface area (TPSA) is 83.4 Å². The van der Waals surface area contributed by atoms with Crippen LogP contribution in [0.25, 0.3) is 11.4 Å². The molecule has 2 aromatic carbocycles. The summed E-state index contributed by atoms with van der Waals surface area (Å²) in [5, 5.41) is 11.9. The first-order valence-electron chi connectivity index (χ1n) is 9.55. The molecular weight excluding hydrogens is 404 g/mol. The quantitative estimate of drug-likeness (QED) is 0.701. The zero-order valence-corrected chi connectivity index (χ0v) is 17.2. The SMILES string of the molecule is Cc1ccccc1CN1c2nnc(-c3ccc(Cl)cc3)n2C2C1C(=O)NC(=O)N2C. The Labute approximate surface area is 178 Å². The molecule has 2 aliphatic rings. The van der Waals surface area contributed by atoms with E-state index in [4.69, 9.17) is 11.6 Å². The minimum absolute atomic E-state index is 0.343. The van der Waals surface area contributed by atoms with Gasteiger partial charge in [0.15, 0.2) is 11.9 Å². The molecule has 0 bridgehead atoms. The molecule has 1 saturated heterocycles. The highest BCUT2D eigenvalue weighted by Gasteiger charge is 2.52. The van der Waals surface area contributed by atoms with Crippen LogP contribution in [0, 0.1) is 6.92 Å². The van der Waals surface area contributed by atoms with Gasteiger partial charge in [-0.2, -0.15) is 0 Å². The molecule has 5 rings (SSSR count). The third-order valence-corrected chi connectivity index (χ3v) is 5.99. The van der Waals surface area contributed by atoms with Crippen LogP contribution in [0.5, 0.6) is 0 Å². The Hall–Kier alpha value is -3.39. The Morgan fingerprint density at radius 2 is 1.80 bits per heavy atom. The smallest absolute Gasteiger partial charge is 0.321 e. The molecule has 1 N–H and O–H groups in total. The van der Waals surface area contributed by atoms with Gasteiger partial charge in [-0.25, -0.2) is 4.79 Å². The van der Waals surface area contributed by atoms with Gasteiger partial charge >= 0.3 is 6.03 Å². The number of halogens is 1. The van der Waals surface area contributed by atoms with Crippen molar-refractivity contribution in [1.82, 2.24) is 25.0 Å². The minimum atomic E-state index is -0.608. The number of urea groups is 1. The van der Waals surface area contributed by atoms with E-state index in [9.17, 15) is 9.59 Å². The van der Waals surface area contributed by atoms with Crippen LogP contribution in [0.1, 0.15) is 17.3 Å². The number of rotatable bonds is 3. The predicted molar refractivity (Wildman–Crippen MR) is 112 cm³/mol.